The molecule has 0 spiro atoms. The SMILES string of the molecule is Cc1ccc(CN2CCN(C(=O)CC[C@H]3NC(=O)NC3=O)CC2=O)cc1C. The van der Waals surface area contributed by atoms with Crippen molar-refractivity contribution in [1.29, 1.82) is 0 Å². The molecule has 2 aliphatic heterocycles. The maximum Gasteiger partial charge on any atom is 0.322 e. The third kappa shape index (κ3) is 4.45. The van der Waals surface area contributed by atoms with E-state index in [9.17, 15) is 19.2 Å². The minimum atomic E-state index is -0.678. The fourth-order valence-electron chi connectivity index (χ4n) is 3.30. The number of nitrogens with one attached hydrogen (secondary N) is 2. The number of benzene rings is 1. The van der Waals surface area contributed by atoms with Crippen LogP contribution in [-0.2, 0) is 20.9 Å². The van der Waals surface area contributed by atoms with Gasteiger partial charge in [0.15, 0.2) is 0 Å². The van der Waals surface area contributed by atoms with Crippen LogP contribution in [0.25, 0.3) is 0 Å². The minimum Gasteiger partial charge on any atom is -0.335 e. The molecule has 2 N–H and O–H groups in total. The Morgan fingerprint density at radius 3 is 2.56 bits per heavy atom. The van der Waals surface area contributed by atoms with Crippen molar-refractivity contribution in [1.82, 2.24) is 20.4 Å². The van der Waals surface area contributed by atoms with Gasteiger partial charge < -0.3 is 15.1 Å². The van der Waals surface area contributed by atoms with Gasteiger partial charge in [0.1, 0.15) is 6.04 Å². The lowest BCUT2D eigenvalue weighted by atomic mass is 10.1. The number of carbonyl (C=O) groups is 4. The van der Waals surface area contributed by atoms with Gasteiger partial charge in [0, 0.05) is 26.1 Å². The van der Waals surface area contributed by atoms with Gasteiger partial charge in [0.2, 0.25) is 11.8 Å². The number of amides is 5. The first-order valence-electron chi connectivity index (χ1n) is 9.06. The molecule has 2 aliphatic rings. The van der Waals surface area contributed by atoms with Crippen molar-refractivity contribution in [2.45, 2.75) is 39.3 Å². The van der Waals surface area contributed by atoms with Crippen molar-refractivity contribution in [3.8, 4) is 0 Å². The molecule has 1 atom stereocenters. The predicted octanol–water partition coefficient (Wildman–Crippen LogP) is 0.462. The smallest absolute Gasteiger partial charge is 0.322 e. The molecule has 0 unspecified atom stereocenters. The average Bonchev–Trinajstić information content (AvgIpc) is 2.95. The van der Waals surface area contributed by atoms with Crippen LogP contribution in [0.1, 0.15) is 29.5 Å². The molecule has 0 saturated carbocycles. The van der Waals surface area contributed by atoms with E-state index in [0.717, 1.165) is 5.56 Å². The molecular weight excluding hydrogens is 348 g/mol. The van der Waals surface area contributed by atoms with E-state index in [1.54, 1.807) is 4.90 Å². The second kappa shape index (κ2) is 7.77. The summed E-state index contributed by atoms with van der Waals surface area (Å²) in [6, 6.07) is 4.94. The Hall–Kier alpha value is -2.90. The number of carbonyl (C=O) groups excluding carboxylic acids is 4. The van der Waals surface area contributed by atoms with Crippen molar-refractivity contribution in [2.24, 2.45) is 0 Å². The Kier molecular flexibility index (Phi) is 5.43. The Morgan fingerprint density at radius 2 is 1.93 bits per heavy atom. The van der Waals surface area contributed by atoms with Gasteiger partial charge in [-0.25, -0.2) is 4.79 Å². The summed E-state index contributed by atoms with van der Waals surface area (Å²) in [5.41, 5.74) is 3.48. The summed E-state index contributed by atoms with van der Waals surface area (Å²) < 4.78 is 0. The number of urea groups is 1. The van der Waals surface area contributed by atoms with Crippen LogP contribution >= 0.6 is 0 Å². The lowest BCUT2D eigenvalue weighted by Crippen LogP contribution is -2.52. The van der Waals surface area contributed by atoms with Crippen LogP contribution in [0, 0.1) is 13.8 Å². The van der Waals surface area contributed by atoms with E-state index >= 15 is 0 Å². The zero-order valence-electron chi connectivity index (χ0n) is 15.6. The number of imide groups is 1. The van der Waals surface area contributed by atoms with Gasteiger partial charge in [0.25, 0.3) is 5.91 Å². The Labute approximate surface area is 157 Å². The molecule has 8 heteroatoms. The Bertz CT molecular complexity index is 792. The van der Waals surface area contributed by atoms with Gasteiger partial charge in [-0.15, -0.1) is 0 Å². The standard InChI is InChI=1S/C19H24N4O4/c1-12-3-4-14(9-13(12)2)10-22-7-8-23(11-17(22)25)16(24)6-5-15-18(26)21-19(27)20-15/h3-4,9,15H,5-8,10-11H2,1-2H3,(H2,20,21,26,27)/t15-/m1/s1. The summed E-state index contributed by atoms with van der Waals surface area (Å²) in [4.78, 5) is 50.7. The topological polar surface area (TPSA) is 98.8 Å². The van der Waals surface area contributed by atoms with Crippen LogP contribution < -0.4 is 10.6 Å². The molecule has 5 amide bonds. The van der Waals surface area contributed by atoms with Crippen LogP contribution in [-0.4, -0.2) is 59.2 Å². The summed E-state index contributed by atoms with van der Waals surface area (Å²) in [7, 11) is 0. The van der Waals surface area contributed by atoms with E-state index in [1.165, 1.54) is 16.0 Å². The molecule has 144 valence electrons. The Balaban J connectivity index is 1.49. The van der Waals surface area contributed by atoms with Gasteiger partial charge in [-0.3, -0.25) is 19.7 Å². The Morgan fingerprint density at radius 1 is 1.15 bits per heavy atom. The minimum absolute atomic E-state index is 0.0485. The second-order valence-electron chi connectivity index (χ2n) is 7.10. The molecule has 1 aromatic rings. The van der Waals surface area contributed by atoms with Gasteiger partial charge >= 0.3 is 6.03 Å². The van der Waals surface area contributed by atoms with Crippen molar-refractivity contribution in [2.75, 3.05) is 19.6 Å². The molecule has 0 aliphatic carbocycles. The molecule has 2 heterocycles. The summed E-state index contributed by atoms with van der Waals surface area (Å²) in [6.45, 7) is 5.64. The summed E-state index contributed by atoms with van der Waals surface area (Å²) in [6.07, 6.45) is 0.344. The maximum absolute atomic E-state index is 12.4. The molecule has 27 heavy (non-hydrogen) atoms. The largest absolute Gasteiger partial charge is 0.335 e. The zero-order valence-corrected chi connectivity index (χ0v) is 15.6. The van der Waals surface area contributed by atoms with Gasteiger partial charge in [-0.2, -0.15) is 0 Å². The van der Waals surface area contributed by atoms with Crippen LogP contribution in [0.5, 0.6) is 0 Å². The monoisotopic (exact) mass is 372 g/mol. The first-order chi connectivity index (χ1) is 12.8. The lowest BCUT2D eigenvalue weighted by molar-refractivity contribution is -0.145. The number of piperazine rings is 1. The van der Waals surface area contributed by atoms with E-state index in [-0.39, 0.29) is 31.2 Å². The average molecular weight is 372 g/mol. The number of nitrogens with zero attached hydrogens (tertiary/aromatic N) is 2. The van der Waals surface area contributed by atoms with Crippen molar-refractivity contribution >= 4 is 23.8 Å². The number of hydrogen-bond donors (Lipinski definition) is 2. The second-order valence-corrected chi connectivity index (χ2v) is 7.10. The fourth-order valence-corrected chi connectivity index (χ4v) is 3.30. The molecule has 2 fully saturated rings. The van der Waals surface area contributed by atoms with E-state index in [2.05, 4.69) is 23.6 Å². The van der Waals surface area contributed by atoms with E-state index in [4.69, 9.17) is 0 Å². The normalized spacial score (nSPS) is 19.9. The zero-order chi connectivity index (χ0) is 19.6. The summed E-state index contributed by atoms with van der Waals surface area (Å²) >= 11 is 0. The van der Waals surface area contributed by atoms with Crippen molar-refractivity contribution in [3.63, 3.8) is 0 Å². The first-order valence-corrected chi connectivity index (χ1v) is 9.06. The molecule has 3 rings (SSSR count). The highest BCUT2D eigenvalue weighted by Gasteiger charge is 2.31. The van der Waals surface area contributed by atoms with Crippen LogP contribution in [0.15, 0.2) is 18.2 Å². The molecule has 0 bridgehead atoms. The third-order valence-electron chi connectivity index (χ3n) is 5.12. The first kappa shape index (κ1) is 18.9. The number of aryl methyl sites for hydroxylation is 2. The quantitative estimate of drug-likeness (QED) is 0.734. The molecule has 2 saturated heterocycles. The van der Waals surface area contributed by atoms with Crippen LogP contribution in [0.2, 0.25) is 0 Å². The number of rotatable bonds is 5. The highest BCUT2D eigenvalue weighted by Crippen LogP contribution is 2.15. The number of hydrogen-bond acceptors (Lipinski definition) is 4. The lowest BCUT2D eigenvalue weighted by Gasteiger charge is -2.34. The predicted molar refractivity (Wildman–Crippen MR) is 97.6 cm³/mol. The van der Waals surface area contributed by atoms with Crippen molar-refractivity contribution in [3.05, 3.63) is 34.9 Å². The molecule has 0 radical (unpaired) electrons. The fraction of sp³-hybridized carbons (Fsp3) is 0.474. The van der Waals surface area contributed by atoms with Crippen molar-refractivity contribution < 1.29 is 19.2 Å². The summed E-state index contributed by atoms with van der Waals surface area (Å²) in [5, 5.41) is 4.61. The molecule has 1 aromatic carbocycles. The van der Waals surface area contributed by atoms with Gasteiger partial charge in [-0.1, -0.05) is 18.2 Å². The summed E-state index contributed by atoms with van der Waals surface area (Å²) in [5.74, 6) is -0.676. The highest BCUT2D eigenvalue weighted by molar-refractivity contribution is 6.04. The molecule has 0 aromatic heterocycles. The molecule has 8 nitrogen and oxygen atoms in total. The highest BCUT2D eigenvalue weighted by atomic mass is 16.2. The van der Waals surface area contributed by atoms with E-state index in [0.29, 0.717) is 19.6 Å². The molecular formula is C19H24N4O4. The third-order valence-corrected chi connectivity index (χ3v) is 5.12. The van der Waals surface area contributed by atoms with Crippen LogP contribution in [0.3, 0.4) is 0 Å². The van der Waals surface area contributed by atoms with E-state index < -0.39 is 18.0 Å². The van der Waals surface area contributed by atoms with Gasteiger partial charge in [0.05, 0.1) is 6.54 Å². The van der Waals surface area contributed by atoms with Gasteiger partial charge in [-0.05, 0) is 37.0 Å². The van der Waals surface area contributed by atoms with E-state index in [1.807, 2.05) is 19.1 Å². The van der Waals surface area contributed by atoms with Crippen LogP contribution in [0.4, 0.5) is 4.79 Å². The maximum atomic E-state index is 12.4.